The fourth-order valence-corrected chi connectivity index (χ4v) is 4.14. The summed E-state index contributed by atoms with van der Waals surface area (Å²) in [6, 6.07) is 7.71. The Morgan fingerprint density at radius 2 is 2.08 bits per heavy atom. The van der Waals surface area contributed by atoms with Crippen LogP contribution in [0.1, 0.15) is 34.6 Å². The number of methoxy groups -OCH3 is 1. The van der Waals surface area contributed by atoms with E-state index in [0.29, 0.717) is 10.8 Å². The van der Waals surface area contributed by atoms with Crippen LogP contribution in [-0.2, 0) is 19.9 Å². The largest absolute Gasteiger partial charge is 0.496 e. The van der Waals surface area contributed by atoms with Gasteiger partial charge in [-0.1, -0.05) is 12.1 Å². The normalized spacial score (nSPS) is 13.3. The molecule has 0 bridgehead atoms. The van der Waals surface area contributed by atoms with E-state index < -0.39 is 0 Å². The molecule has 0 fully saturated rings. The molecule has 4 rings (SSSR count). The molecule has 0 atom stereocenters. The summed E-state index contributed by atoms with van der Waals surface area (Å²) in [6.07, 6.45) is 4.11. The molecule has 1 aromatic carbocycles. The van der Waals surface area contributed by atoms with Crippen molar-refractivity contribution in [2.45, 2.75) is 25.7 Å². The number of carbonyl (C=O) groups is 1. The smallest absolute Gasteiger partial charge is 0.275 e. The van der Waals surface area contributed by atoms with E-state index in [1.54, 1.807) is 11.8 Å². The average molecular weight is 368 g/mol. The van der Waals surface area contributed by atoms with Crippen LogP contribution in [-0.4, -0.2) is 27.8 Å². The van der Waals surface area contributed by atoms with Gasteiger partial charge in [0.25, 0.3) is 5.91 Å². The summed E-state index contributed by atoms with van der Waals surface area (Å²) < 4.78 is 7.09. The van der Waals surface area contributed by atoms with E-state index in [-0.39, 0.29) is 5.91 Å². The highest BCUT2D eigenvalue weighted by molar-refractivity contribution is 7.14. The Morgan fingerprint density at radius 3 is 2.92 bits per heavy atom. The first-order valence-corrected chi connectivity index (χ1v) is 9.50. The zero-order chi connectivity index (χ0) is 18.1. The third-order valence-corrected chi connectivity index (χ3v) is 5.40. The minimum atomic E-state index is -0.149. The van der Waals surface area contributed by atoms with Crippen molar-refractivity contribution in [3.8, 4) is 17.0 Å². The van der Waals surface area contributed by atoms with E-state index in [2.05, 4.69) is 15.4 Å². The molecule has 1 N–H and O–H groups in total. The number of nitrogens with zero attached hydrogens (tertiary/aromatic N) is 3. The van der Waals surface area contributed by atoms with E-state index in [1.165, 1.54) is 11.3 Å². The minimum absolute atomic E-state index is 0.149. The van der Waals surface area contributed by atoms with Crippen LogP contribution in [0.25, 0.3) is 11.3 Å². The number of hydrogen-bond donors (Lipinski definition) is 1. The summed E-state index contributed by atoms with van der Waals surface area (Å²) in [4.78, 5) is 17.4. The fraction of sp³-hybridized carbons (Fsp3) is 0.316. The molecule has 0 unspecified atom stereocenters. The Hall–Kier alpha value is -2.67. The molecule has 0 spiro atoms. The molecular weight excluding hydrogens is 348 g/mol. The third-order valence-electron chi connectivity index (χ3n) is 4.64. The number of benzene rings is 1. The lowest BCUT2D eigenvalue weighted by molar-refractivity contribution is 0.101. The number of para-hydroxylation sites is 1. The van der Waals surface area contributed by atoms with Crippen LogP contribution in [0.5, 0.6) is 5.75 Å². The van der Waals surface area contributed by atoms with Crippen LogP contribution in [0.2, 0.25) is 0 Å². The molecule has 1 aliphatic carbocycles. The second-order valence-corrected chi connectivity index (χ2v) is 7.15. The van der Waals surface area contributed by atoms with E-state index >= 15 is 0 Å². The lowest BCUT2D eigenvalue weighted by Gasteiger charge is -2.10. The van der Waals surface area contributed by atoms with Crippen LogP contribution in [0.3, 0.4) is 0 Å². The van der Waals surface area contributed by atoms with Gasteiger partial charge in [-0.05, 0) is 37.8 Å². The first kappa shape index (κ1) is 16.8. The van der Waals surface area contributed by atoms with E-state index in [9.17, 15) is 4.79 Å². The van der Waals surface area contributed by atoms with Crippen molar-refractivity contribution in [1.82, 2.24) is 14.8 Å². The summed E-state index contributed by atoms with van der Waals surface area (Å²) in [5, 5.41) is 9.94. The molecule has 0 saturated carbocycles. The summed E-state index contributed by atoms with van der Waals surface area (Å²) >= 11 is 1.40. The fourth-order valence-electron chi connectivity index (χ4n) is 3.43. The van der Waals surface area contributed by atoms with Gasteiger partial charge < -0.3 is 4.74 Å². The van der Waals surface area contributed by atoms with Gasteiger partial charge in [-0.3, -0.25) is 14.8 Å². The number of rotatable bonds is 4. The predicted octanol–water partition coefficient (Wildman–Crippen LogP) is 3.68. The maximum atomic E-state index is 12.8. The van der Waals surface area contributed by atoms with Crippen molar-refractivity contribution in [1.29, 1.82) is 0 Å². The van der Waals surface area contributed by atoms with Gasteiger partial charge in [-0.2, -0.15) is 5.10 Å². The van der Waals surface area contributed by atoms with Gasteiger partial charge in [0.05, 0.1) is 18.5 Å². The molecular formula is C19H20N4O2S. The molecule has 3 aromatic rings. The number of carbonyl (C=O) groups excluding carboxylic acids is 1. The zero-order valence-electron chi connectivity index (χ0n) is 14.8. The van der Waals surface area contributed by atoms with Crippen LogP contribution in [0.4, 0.5) is 5.13 Å². The number of aromatic nitrogens is 3. The Morgan fingerprint density at radius 1 is 1.27 bits per heavy atom. The van der Waals surface area contributed by atoms with Crippen molar-refractivity contribution in [3.05, 3.63) is 46.6 Å². The van der Waals surface area contributed by atoms with Crippen molar-refractivity contribution >= 4 is 22.4 Å². The highest BCUT2D eigenvalue weighted by Gasteiger charge is 2.24. The molecule has 134 valence electrons. The number of hydrogen-bond acceptors (Lipinski definition) is 5. The standard InChI is InChI=1S/C19H20N4O2S/c1-23-17(13-8-3-5-9-14(13)22-23)18(24)21-19-20-15(11-26-19)12-7-4-6-10-16(12)25-2/h4,6-7,10-11H,3,5,8-9H2,1-2H3,(H,20,21,24). The van der Waals surface area contributed by atoms with Crippen molar-refractivity contribution < 1.29 is 9.53 Å². The highest BCUT2D eigenvalue weighted by atomic mass is 32.1. The Labute approximate surface area is 155 Å². The molecule has 6 nitrogen and oxygen atoms in total. The Bertz CT molecular complexity index is 960. The topological polar surface area (TPSA) is 69.0 Å². The van der Waals surface area contributed by atoms with E-state index in [1.807, 2.05) is 36.7 Å². The molecule has 0 saturated heterocycles. The molecule has 0 radical (unpaired) electrons. The number of amides is 1. The number of fused-ring (bicyclic) bond motifs is 1. The predicted molar refractivity (Wildman–Crippen MR) is 102 cm³/mol. The first-order chi connectivity index (χ1) is 12.7. The zero-order valence-corrected chi connectivity index (χ0v) is 15.6. The monoisotopic (exact) mass is 368 g/mol. The molecule has 0 aliphatic heterocycles. The molecule has 1 amide bonds. The quantitative estimate of drug-likeness (QED) is 0.763. The Kier molecular flexibility index (Phi) is 4.46. The number of aryl methyl sites for hydroxylation is 2. The van der Waals surface area contributed by atoms with Gasteiger partial charge in [0, 0.05) is 23.6 Å². The number of anilines is 1. The van der Waals surface area contributed by atoms with Crippen LogP contribution < -0.4 is 10.1 Å². The lowest BCUT2D eigenvalue weighted by atomic mass is 9.96. The van der Waals surface area contributed by atoms with E-state index in [0.717, 1.165) is 53.9 Å². The van der Waals surface area contributed by atoms with Gasteiger partial charge in [-0.15, -0.1) is 11.3 Å². The van der Waals surface area contributed by atoms with Crippen molar-refractivity contribution in [2.75, 3.05) is 12.4 Å². The first-order valence-electron chi connectivity index (χ1n) is 8.62. The Balaban J connectivity index is 1.58. The van der Waals surface area contributed by atoms with Gasteiger partial charge in [0.1, 0.15) is 11.4 Å². The second kappa shape index (κ2) is 6.92. The maximum absolute atomic E-state index is 12.8. The van der Waals surface area contributed by atoms with Crippen LogP contribution in [0, 0.1) is 0 Å². The SMILES string of the molecule is COc1ccccc1-c1csc(NC(=O)c2c3c(nn2C)CCCC3)n1. The molecule has 26 heavy (non-hydrogen) atoms. The van der Waals surface area contributed by atoms with Gasteiger partial charge in [0.2, 0.25) is 0 Å². The van der Waals surface area contributed by atoms with Crippen molar-refractivity contribution in [3.63, 3.8) is 0 Å². The van der Waals surface area contributed by atoms with Gasteiger partial charge in [0.15, 0.2) is 5.13 Å². The molecule has 7 heteroatoms. The highest BCUT2D eigenvalue weighted by Crippen LogP contribution is 2.32. The maximum Gasteiger partial charge on any atom is 0.275 e. The van der Waals surface area contributed by atoms with Crippen LogP contribution >= 0.6 is 11.3 Å². The summed E-state index contributed by atoms with van der Waals surface area (Å²) in [5.41, 5.74) is 4.48. The van der Waals surface area contributed by atoms with Crippen LogP contribution in [0.15, 0.2) is 29.6 Å². The average Bonchev–Trinajstić information content (AvgIpc) is 3.24. The summed E-state index contributed by atoms with van der Waals surface area (Å²) in [6.45, 7) is 0. The molecule has 2 aromatic heterocycles. The third kappa shape index (κ3) is 2.99. The molecule has 2 heterocycles. The number of ether oxygens (including phenoxy) is 1. The number of thiazole rings is 1. The van der Waals surface area contributed by atoms with Gasteiger partial charge >= 0.3 is 0 Å². The number of nitrogens with one attached hydrogen (secondary N) is 1. The van der Waals surface area contributed by atoms with E-state index in [4.69, 9.17) is 4.74 Å². The van der Waals surface area contributed by atoms with Crippen molar-refractivity contribution in [2.24, 2.45) is 7.05 Å². The van der Waals surface area contributed by atoms with Gasteiger partial charge in [-0.25, -0.2) is 4.98 Å². The summed E-state index contributed by atoms with van der Waals surface area (Å²) in [7, 11) is 3.47. The lowest BCUT2D eigenvalue weighted by Crippen LogP contribution is -2.18. The molecule has 1 aliphatic rings. The minimum Gasteiger partial charge on any atom is -0.496 e. The second-order valence-electron chi connectivity index (χ2n) is 6.30. The summed E-state index contributed by atoms with van der Waals surface area (Å²) in [5.74, 6) is 0.612.